The molecule has 0 unspecified atom stereocenters. The molecule has 6 heteroatoms. The van der Waals surface area contributed by atoms with Crippen molar-refractivity contribution in [1.29, 1.82) is 0 Å². The number of nitrogens with zero attached hydrogens (tertiary/aromatic N) is 1. The van der Waals surface area contributed by atoms with Gasteiger partial charge < -0.3 is 4.74 Å². The van der Waals surface area contributed by atoms with E-state index in [0.717, 1.165) is 5.56 Å². The van der Waals surface area contributed by atoms with Crippen molar-refractivity contribution in [3.05, 3.63) is 66.4 Å². The molecule has 0 aliphatic rings. The summed E-state index contributed by atoms with van der Waals surface area (Å²) in [7, 11) is -2.12. The van der Waals surface area contributed by atoms with Crippen LogP contribution in [0.2, 0.25) is 0 Å². The monoisotopic (exact) mass is 328 g/mol. The fourth-order valence-electron chi connectivity index (χ4n) is 2.37. The van der Waals surface area contributed by atoms with Gasteiger partial charge in [0.15, 0.2) is 0 Å². The second-order valence-electron chi connectivity index (χ2n) is 4.98. The Morgan fingerprint density at radius 1 is 1.04 bits per heavy atom. The summed E-state index contributed by atoms with van der Waals surface area (Å²) in [5, 5.41) is 0.535. The molecule has 0 amide bonds. The van der Waals surface area contributed by atoms with Crippen molar-refractivity contribution < 1.29 is 13.2 Å². The van der Waals surface area contributed by atoms with E-state index in [1.54, 1.807) is 24.4 Å². The summed E-state index contributed by atoms with van der Waals surface area (Å²) in [5.41, 5.74) is 1.42. The maximum absolute atomic E-state index is 12.6. The smallest absolute Gasteiger partial charge is 0.241 e. The number of aromatic nitrogens is 1. The van der Waals surface area contributed by atoms with E-state index < -0.39 is 10.0 Å². The molecule has 5 nitrogen and oxygen atoms in total. The Morgan fingerprint density at radius 3 is 2.57 bits per heavy atom. The van der Waals surface area contributed by atoms with Crippen LogP contribution >= 0.6 is 0 Å². The number of hydrogen-bond acceptors (Lipinski definition) is 4. The van der Waals surface area contributed by atoms with Crippen molar-refractivity contribution in [2.75, 3.05) is 7.11 Å². The second kappa shape index (κ2) is 6.36. The molecule has 0 bridgehead atoms. The topological polar surface area (TPSA) is 68.3 Å². The van der Waals surface area contributed by atoms with Crippen LogP contribution in [0.4, 0.5) is 0 Å². The van der Waals surface area contributed by atoms with Crippen LogP contribution in [0.1, 0.15) is 5.56 Å². The highest BCUT2D eigenvalue weighted by Gasteiger charge is 2.19. The molecule has 1 aromatic heterocycles. The first-order valence-electron chi connectivity index (χ1n) is 7.07. The van der Waals surface area contributed by atoms with Gasteiger partial charge in [0.1, 0.15) is 11.3 Å². The van der Waals surface area contributed by atoms with E-state index in [9.17, 15) is 8.42 Å². The second-order valence-corrected chi connectivity index (χ2v) is 6.71. The fourth-order valence-corrected chi connectivity index (χ4v) is 3.59. The first-order chi connectivity index (χ1) is 11.1. The zero-order valence-corrected chi connectivity index (χ0v) is 13.4. The maximum atomic E-state index is 12.6. The highest BCUT2D eigenvalue weighted by atomic mass is 32.2. The predicted molar refractivity (Wildman–Crippen MR) is 88.8 cm³/mol. The Balaban J connectivity index is 1.99. The first kappa shape index (κ1) is 15.5. The lowest BCUT2D eigenvalue weighted by molar-refractivity contribution is 0.418. The minimum Gasteiger partial charge on any atom is -0.494 e. The van der Waals surface area contributed by atoms with Crippen molar-refractivity contribution in [3.63, 3.8) is 0 Å². The molecule has 2 aromatic carbocycles. The lowest BCUT2D eigenvalue weighted by atomic mass is 10.2. The molecule has 118 valence electrons. The van der Waals surface area contributed by atoms with Gasteiger partial charge in [0.05, 0.1) is 12.0 Å². The SMILES string of the molecule is COc1ccc(S(=O)(=O)NCc2ccccc2)c2cccnc12. The Hall–Kier alpha value is -2.44. The lowest BCUT2D eigenvalue weighted by Gasteiger charge is -2.11. The summed E-state index contributed by atoms with van der Waals surface area (Å²) in [6, 6.07) is 16.0. The van der Waals surface area contributed by atoms with Gasteiger partial charge in [0, 0.05) is 18.1 Å². The molecule has 0 aliphatic heterocycles. The van der Waals surface area contributed by atoms with Gasteiger partial charge in [-0.05, 0) is 29.8 Å². The van der Waals surface area contributed by atoms with Crippen molar-refractivity contribution >= 4 is 20.9 Å². The molecule has 23 heavy (non-hydrogen) atoms. The van der Waals surface area contributed by atoms with Crippen LogP contribution in [0.25, 0.3) is 10.9 Å². The molecule has 0 aliphatic carbocycles. The molecular weight excluding hydrogens is 312 g/mol. The van der Waals surface area contributed by atoms with Crippen LogP contribution in [0.5, 0.6) is 5.75 Å². The highest BCUT2D eigenvalue weighted by molar-refractivity contribution is 7.89. The zero-order valence-electron chi connectivity index (χ0n) is 12.6. The van der Waals surface area contributed by atoms with E-state index in [-0.39, 0.29) is 11.4 Å². The van der Waals surface area contributed by atoms with Gasteiger partial charge in [-0.3, -0.25) is 4.98 Å². The minimum absolute atomic E-state index is 0.192. The predicted octanol–water partition coefficient (Wildman–Crippen LogP) is 2.72. The normalized spacial score (nSPS) is 11.5. The number of rotatable bonds is 5. The average Bonchev–Trinajstić information content (AvgIpc) is 2.60. The zero-order chi connectivity index (χ0) is 16.3. The Morgan fingerprint density at radius 2 is 1.83 bits per heavy atom. The van der Waals surface area contributed by atoms with Crippen LogP contribution in [0, 0.1) is 0 Å². The Bertz CT molecular complexity index is 925. The summed E-state index contributed by atoms with van der Waals surface area (Å²) >= 11 is 0. The van der Waals surface area contributed by atoms with E-state index >= 15 is 0 Å². The number of sulfonamides is 1. The van der Waals surface area contributed by atoms with Crippen LogP contribution in [-0.2, 0) is 16.6 Å². The van der Waals surface area contributed by atoms with Gasteiger partial charge in [-0.2, -0.15) is 0 Å². The summed E-state index contributed by atoms with van der Waals surface area (Å²) < 4.78 is 33.2. The third-order valence-corrected chi connectivity index (χ3v) is 4.97. The van der Waals surface area contributed by atoms with Gasteiger partial charge in [-0.1, -0.05) is 30.3 Å². The molecule has 1 N–H and O–H groups in total. The van der Waals surface area contributed by atoms with Gasteiger partial charge in [-0.25, -0.2) is 13.1 Å². The number of pyridine rings is 1. The van der Waals surface area contributed by atoms with Crippen LogP contribution in [-0.4, -0.2) is 20.5 Å². The number of nitrogens with one attached hydrogen (secondary N) is 1. The molecule has 3 rings (SSSR count). The quantitative estimate of drug-likeness (QED) is 0.782. The van der Waals surface area contributed by atoms with Crippen molar-refractivity contribution in [2.24, 2.45) is 0 Å². The third-order valence-electron chi connectivity index (χ3n) is 3.51. The van der Waals surface area contributed by atoms with E-state index in [2.05, 4.69) is 9.71 Å². The van der Waals surface area contributed by atoms with Crippen LogP contribution in [0.3, 0.4) is 0 Å². The van der Waals surface area contributed by atoms with Crippen molar-refractivity contribution in [1.82, 2.24) is 9.71 Å². The van der Waals surface area contributed by atoms with Gasteiger partial charge in [0.2, 0.25) is 10.0 Å². The molecule has 0 fully saturated rings. The summed E-state index contributed by atoms with van der Waals surface area (Å²) in [5.74, 6) is 0.544. The fraction of sp³-hybridized carbons (Fsp3) is 0.118. The third kappa shape index (κ3) is 3.18. The van der Waals surface area contributed by atoms with Gasteiger partial charge in [-0.15, -0.1) is 0 Å². The largest absolute Gasteiger partial charge is 0.494 e. The van der Waals surface area contributed by atoms with E-state index in [4.69, 9.17) is 4.74 Å². The van der Waals surface area contributed by atoms with Crippen LogP contribution in [0.15, 0.2) is 65.7 Å². The Kier molecular flexibility index (Phi) is 4.27. The Labute approximate surface area is 135 Å². The molecular formula is C17H16N2O3S. The number of benzene rings is 2. The molecule has 0 spiro atoms. The molecule has 0 atom stereocenters. The molecule has 0 saturated heterocycles. The number of ether oxygens (including phenoxy) is 1. The number of methoxy groups -OCH3 is 1. The molecule has 1 heterocycles. The average molecular weight is 328 g/mol. The van der Waals surface area contributed by atoms with E-state index in [1.807, 2.05) is 30.3 Å². The van der Waals surface area contributed by atoms with E-state index in [1.165, 1.54) is 13.2 Å². The van der Waals surface area contributed by atoms with Crippen molar-refractivity contribution in [2.45, 2.75) is 11.4 Å². The number of hydrogen-bond donors (Lipinski definition) is 1. The summed E-state index contributed by atoms with van der Waals surface area (Å²) in [4.78, 5) is 4.42. The number of fused-ring (bicyclic) bond motifs is 1. The minimum atomic E-state index is -3.66. The molecule has 0 saturated carbocycles. The lowest BCUT2D eigenvalue weighted by Crippen LogP contribution is -2.23. The van der Waals surface area contributed by atoms with Gasteiger partial charge in [0.25, 0.3) is 0 Å². The van der Waals surface area contributed by atoms with Gasteiger partial charge >= 0.3 is 0 Å². The summed E-state index contributed by atoms with van der Waals surface area (Å²) in [6.07, 6.45) is 1.61. The van der Waals surface area contributed by atoms with Crippen LogP contribution < -0.4 is 9.46 Å². The standard InChI is InChI=1S/C17H16N2O3S/c1-22-15-9-10-16(14-8-5-11-18-17(14)15)23(20,21)19-12-13-6-3-2-4-7-13/h2-11,19H,12H2,1H3. The molecule has 3 aromatic rings. The summed E-state index contributed by atoms with van der Waals surface area (Å²) in [6.45, 7) is 0.233. The maximum Gasteiger partial charge on any atom is 0.241 e. The van der Waals surface area contributed by atoms with E-state index in [0.29, 0.717) is 16.7 Å². The highest BCUT2D eigenvalue weighted by Crippen LogP contribution is 2.29. The first-order valence-corrected chi connectivity index (χ1v) is 8.55. The van der Waals surface area contributed by atoms with Crippen molar-refractivity contribution in [3.8, 4) is 5.75 Å². The molecule has 0 radical (unpaired) electrons.